The zero-order valence-corrected chi connectivity index (χ0v) is 14.6. The number of hydrogen-bond donors (Lipinski definition) is 0. The van der Waals surface area contributed by atoms with Crippen molar-refractivity contribution in [3.8, 4) is 11.3 Å². The topological polar surface area (TPSA) is 17.3 Å². The van der Waals surface area contributed by atoms with Crippen molar-refractivity contribution < 1.29 is 17.6 Å². The van der Waals surface area contributed by atoms with Gasteiger partial charge in [0.1, 0.15) is 5.52 Å². The molecule has 0 aliphatic heterocycles. The first kappa shape index (κ1) is 16.7. The van der Waals surface area contributed by atoms with Gasteiger partial charge in [-0.05, 0) is 24.4 Å². The number of halogens is 4. The van der Waals surface area contributed by atoms with E-state index in [0.29, 0.717) is 11.1 Å². The number of fused-ring (bicyclic) bond motifs is 5. The minimum absolute atomic E-state index is 0.199. The Hall–Kier alpha value is -3.41. The summed E-state index contributed by atoms with van der Waals surface area (Å²) in [5, 5.41) is 5.09. The molecule has 3 aromatic carbocycles. The van der Waals surface area contributed by atoms with E-state index in [1.54, 1.807) is 6.07 Å². The van der Waals surface area contributed by atoms with E-state index in [0.717, 1.165) is 16.5 Å². The second-order valence-corrected chi connectivity index (χ2v) is 6.73. The van der Waals surface area contributed by atoms with E-state index < -0.39 is 28.8 Å². The zero-order chi connectivity index (χ0) is 19.6. The summed E-state index contributed by atoms with van der Waals surface area (Å²) in [7, 11) is 0. The van der Waals surface area contributed by atoms with Crippen molar-refractivity contribution in [2.45, 2.75) is 6.92 Å². The number of pyridine rings is 1. The van der Waals surface area contributed by atoms with Crippen LogP contribution in [0, 0.1) is 30.2 Å². The average molecular weight is 380 g/mol. The molecule has 5 aromatic rings. The number of hydrogen-bond acceptors (Lipinski definition) is 1. The molecule has 0 aliphatic carbocycles. The second-order valence-electron chi connectivity index (χ2n) is 6.73. The van der Waals surface area contributed by atoms with Crippen LogP contribution in [0.15, 0.2) is 54.6 Å². The van der Waals surface area contributed by atoms with Gasteiger partial charge in [0, 0.05) is 10.9 Å². The number of rotatable bonds is 1. The summed E-state index contributed by atoms with van der Waals surface area (Å²) in [6, 6.07) is 16.5. The van der Waals surface area contributed by atoms with Crippen molar-refractivity contribution in [3.05, 3.63) is 83.4 Å². The first-order valence-electron chi connectivity index (χ1n) is 8.60. The van der Waals surface area contributed by atoms with E-state index in [4.69, 9.17) is 0 Å². The molecule has 0 fully saturated rings. The molecule has 5 rings (SSSR count). The molecule has 0 amide bonds. The van der Waals surface area contributed by atoms with Crippen LogP contribution in [-0.4, -0.2) is 9.61 Å². The van der Waals surface area contributed by atoms with E-state index >= 15 is 0 Å². The molecule has 0 N–H and O–H groups in total. The normalized spacial score (nSPS) is 11.8. The van der Waals surface area contributed by atoms with Gasteiger partial charge in [-0.1, -0.05) is 48.0 Å². The highest BCUT2D eigenvalue weighted by Gasteiger charge is 2.26. The standard InChI is InChI=1S/C22H12F4N2/c1-11-7-8-13-10-15(12-5-3-2-4-6-12)28-22(14(13)9-11)16-17(23)18(24)19(25)20(26)21(16)27-28/h2-10H,1H3. The molecule has 0 saturated heterocycles. The van der Waals surface area contributed by atoms with Crippen LogP contribution in [0.25, 0.3) is 38.4 Å². The van der Waals surface area contributed by atoms with Gasteiger partial charge in [0.05, 0.1) is 16.6 Å². The van der Waals surface area contributed by atoms with Crippen LogP contribution in [0.5, 0.6) is 0 Å². The Labute approximate surface area is 156 Å². The minimum Gasteiger partial charge on any atom is -0.231 e. The van der Waals surface area contributed by atoms with Crippen LogP contribution in [0.2, 0.25) is 0 Å². The highest BCUT2D eigenvalue weighted by molar-refractivity contribution is 6.11. The van der Waals surface area contributed by atoms with Crippen LogP contribution in [0.3, 0.4) is 0 Å². The van der Waals surface area contributed by atoms with Crippen molar-refractivity contribution >= 4 is 27.2 Å². The highest BCUT2D eigenvalue weighted by Crippen LogP contribution is 2.36. The Morgan fingerprint density at radius 2 is 1.50 bits per heavy atom. The molecule has 2 nitrogen and oxygen atoms in total. The molecular formula is C22H12F4N2. The lowest BCUT2D eigenvalue weighted by atomic mass is 10.0. The van der Waals surface area contributed by atoms with Crippen LogP contribution < -0.4 is 0 Å². The maximum atomic E-state index is 14.7. The van der Waals surface area contributed by atoms with Crippen molar-refractivity contribution in [3.63, 3.8) is 0 Å². The Morgan fingerprint density at radius 1 is 0.786 bits per heavy atom. The molecule has 0 bridgehead atoms. The van der Waals surface area contributed by atoms with E-state index in [9.17, 15) is 17.6 Å². The maximum Gasteiger partial charge on any atom is 0.199 e. The smallest absolute Gasteiger partial charge is 0.199 e. The maximum absolute atomic E-state index is 14.7. The van der Waals surface area contributed by atoms with Gasteiger partial charge in [-0.3, -0.25) is 0 Å². The monoisotopic (exact) mass is 380 g/mol. The Kier molecular flexibility index (Phi) is 3.46. The van der Waals surface area contributed by atoms with E-state index in [1.807, 2.05) is 55.5 Å². The predicted molar refractivity (Wildman–Crippen MR) is 100 cm³/mol. The van der Waals surface area contributed by atoms with Gasteiger partial charge in [0.25, 0.3) is 0 Å². The van der Waals surface area contributed by atoms with E-state index in [1.165, 1.54) is 4.52 Å². The summed E-state index contributed by atoms with van der Waals surface area (Å²) in [6.07, 6.45) is 0. The van der Waals surface area contributed by atoms with Gasteiger partial charge in [-0.2, -0.15) is 5.10 Å². The highest BCUT2D eigenvalue weighted by atomic mass is 19.2. The van der Waals surface area contributed by atoms with Crippen LogP contribution >= 0.6 is 0 Å². The summed E-state index contributed by atoms with van der Waals surface area (Å²) in [6.45, 7) is 1.86. The van der Waals surface area contributed by atoms with Gasteiger partial charge in [0.2, 0.25) is 0 Å². The fourth-order valence-corrected chi connectivity index (χ4v) is 3.63. The summed E-state index contributed by atoms with van der Waals surface area (Å²) < 4.78 is 58.3. The Balaban J connectivity index is 2.11. The lowest BCUT2D eigenvalue weighted by Gasteiger charge is -2.10. The zero-order valence-electron chi connectivity index (χ0n) is 14.6. The Morgan fingerprint density at radius 3 is 2.25 bits per heavy atom. The summed E-state index contributed by atoms with van der Waals surface area (Å²) in [4.78, 5) is 0. The van der Waals surface area contributed by atoms with E-state index in [2.05, 4.69) is 5.10 Å². The Bertz CT molecular complexity index is 1410. The molecule has 6 heteroatoms. The van der Waals surface area contributed by atoms with Crippen LogP contribution in [0.4, 0.5) is 17.6 Å². The third-order valence-corrected chi connectivity index (χ3v) is 4.94. The van der Waals surface area contributed by atoms with Crippen LogP contribution in [-0.2, 0) is 0 Å². The summed E-state index contributed by atoms with van der Waals surface area (Å²) in [5.41, 5.74) is 1.86. The van der Waals surface area contributed by atoms with Gasteiger partial charge in [-0.25, -0.2) is 22.1 Å². The first-order chi connectivity index (χ1) is 13.5. The molecule has 28 heavy (non-hydrogen) atoms. The number of benzene rings is 3. The molecule has 138 valence electrons. The minimum atomic E-state index is -1.87. The van der Waals surface area contributed by atoms with Crippen molar-refractivity contribution in [2.75, 3.05) is 0 Å². The number of aryl methyl sites for hydroxylation is 1. The fourth-order valence-electron chi connectivity index (χ4n) is 3.63. The number of nitrogens with zero attached hydrogens (tertiary/aromatic N) is 2. The first-order valence-corrected chi connectivity index (χ1v) is 8.60. The van der Waals surface area contributed by atoms with Gasteiger partial charge in [-0.15, -0.1) is 0 Å². The third-order valence-electron chi connectivity index (χ3n) is 4.94. The molecule has 0 radical (unpaired) electrons. The quantitative estimate of drug-likeness (QED) is 0.193. The lowest BCUT2D eigenvalue weighted by molar-refractivity contribution is 0.417. The predicted octanol–water partition coefficient (Wildman–Crippen LogP) is 6.17. The summed E-state index contributed by atoms with van der Waals surface area (Å²) >= 11 is 0. The molecular weight excluding hydrogens is 368 g/mol. The molecule has 0 aliphatic rings. The van der Waals surface area contributed by atoms with Crippen molar-refractivity contribution in [1.29, 1.82) is 0 Å². The largest absolute Gasteiger partial charge is 0.231 e. The molecule has 0 unspecified atom stereocenters. The summed E-state index contributed by atoms with van der Waals surface area (Å²) in [5.74, 6) is -6.66. The average Bonchev–Trinajstić information content (AvgIpc) is 3.12. The van der Waals surface area contributed by atoms with Crippen molar-refractivity contribution in [2.24, 2.45) is 0 Å². The number of aromatic nitrogens is 2. The molecule has 0 spiro atoms. The third kappa shape index (κ3) is 2.17. The fraction of sp³-hybridized carbons (Fsp3) is 0.0455. The van der Waals surface area contributed by atoms with Crippen molar-refractivity contribution in [1.82, 2.24) is 9.61 Å². The van der Waals surface area contributed by atoms with Gasteiger partial charge >= 0.3 is 0 Å². The SMILES string of the molecule is Cc1ccc2cc(-c3ccccc3)n3nc4c(F)c(F)c(F)c(F)c4c3c2c1. The second kappa shape index (κ2) is 5.79. The van der Waals surface area contributed by atoms with Gasteiger partial charge < -0.3 is 0 Å². The molecule has 2 aromatic heterocycles. The van der Waals surface area contributed by atoms with Gasteiger partial charge in [0.15, 0.2) is 23.3 Å². The molecule has 0 atom stereocenters. The van der Waals surface area contributed by atoms with E-state index in [-0.39, 0.29) is 10.9 Å². The van der Waals surface area contributed by atoms with Crippen LogP contribution in [0.1, 0.15) is 5.56 Å². The molecule has 2 heterocycles. The molecule has 0 saturated carbocycles. The lowest BCUT2D eigenvalue weighted by Crippen LogP contribution is -1.96.